The molecule has 0 aliphatic carbocycles. The molecule has 1 N–H and O–H groups in total. The fraction of sp³-hybridized carbons (Fsp3) is 0.611. The number of hydrogen-bond donors (Lipinski definition) is 1. The van der Waals surface area contributed by atoms with Gasteiger partial charge in [0, 0.05) is 39.3 Å². The minimum absolute atomic E-state index is 0. The molecule has 1 amide bonds. The monoisotopic (exact) mass is 340 g/mol. The zero-order valence-corrected chi connectivity index (χ0v) is 15.0. The molecule has 0 aromatic heterocycles. The highest BCUT2D eigenvalue weighted by Gasteiger charge is 2.27. The lowest BCUT2D eigenvalue weighted by atomic mass is 10.0. The molecule has 0 spiro atoms. The second-order valence-electron chi connectivity index (χ2n) is 5.70. The van der Waals surface area contributed by atoms with E-state index in [2.05, 4.69) is 36.5 Å². The van der Waals surface area contributed by atoms with Crippen LogP contribution >= 0.6 is 12.4 Å². The van der Waals surface area contributed by atoms with Gasteiger partial charge in [-0.25, -0.2) is 0 Å². The summed E-state index contributed by atoms with van der Waals surface area (Å²) in [5.41, 5.74) is 2.56. The summed E-state index contributed by atoms with van der Waals surface area (Å²) in [7, 11) is 0. The van der Waals surface area contributed by atoms with Gasteiger partial charge in [0.25, 0.3) is 0 Å². The van der Waals surface area contributed by atoms with Crippen molar-refractivity contribution in [2.75, 3.05) is 32.8 Å². The first-order valence-corrected chi connectivity index (χ1v) is 8.43. The maximum absolute atomic E-state index is 12.5. The molecule has 1 heterocycles. The molecule has 130 valence electrons. The molecule has 0 bridgehead atoms. The third kappa shape index (κ3) is 5.79. The molecular weight excluding hydrogens is 312 g/mol. The van der Waals surface area contributed by atoms with E-state index < -0.39 is 0 Å². The Morgan fingerprint density at radius 2 is 2.04 bits per heavy atom. The molecule has 1 aliphatic rings. The molecular formula is C18H29ClN2O2. The van der Waals surface area contributed by atoms with Crippen molar-refractivity contribution in [2.24, 2.45) is 0 Å². The van der Waals surface area contributed by atoms with Crippen LogP contribution in [0.15, 0.2) is 24.3 Å². The molecule has 1 unspecified atom stereocenters. The van der Waals surface area contributed by atoms with Gasteiger partial charge < -0.3 is 15.0 Å². The smallest absolute Gasteiger partial charge is 0.223 e. The minimum Gasteiger partial charge on any atom is -0.382 e. The van der Waals surface area contributed by atoms with Crippen molar-refractivity contribution in [3.8, 4) is 0 Å². The zero-order chi connectivity index (χ0) is 15.8. The Morgan fingerprint density at radius 1 is 1.30 bits per heavy atom. The van der Waals surface area contributed by atoms with Crippen molar-refractivity contribution >= 4 is 18.3 Å². The molecule has 1 aromatic rings. The molecule has 23 heavy (non-hydrogen) atoms. The number of carbonyl (C=O) groups excluding carboxylic acids is 1. The first kappa shape index (κ1) is 19.9. The molecule has 0 saturated carbocycles. The first-order chi connectivity index (χ1) is 10.8. The summed E-state index contributed by atoms with van der Waals surface area (Å²) in [5.74, 6) is 0.241. The van der Waals surface area contributed by atoms with E-state index in [1.54, 1.807) is 0 Å². The Labute approximate surface area is 146 Å². The van der Waals surface area contributed by atoms with Crippen LogP contribution in [-0.4, -0.2) is 43.7 Å². The average molecular weight is 341 g/mol. The molecule has 4 nitrogen and oxygen atoms in total. The Bertz CT molecular complexity index is 465. The Balaban J connectivity index is 0.00000264. The normalized spacial score (nSPS) is 17.7. The summed E-state index contributed by atoms with van der Waals surface area (Å²) in [6.45, 7) is 8.02. The molecule has 1 atom stereocenters. The standard InChI is InChI=1S/C18H28N2O2.ClH/c1-3-15-7-9-16(10-8-15)17-14-19-11-12-20(17)18(21)6-5-13-22-4-2;/h7-10,17,19H,3-6,11-14H2,1-2H3;1H. The van der Waals surface area contributed by atoms with Gasteiger partial charge in [0.15, 0.2) is 0 Å². The summed E-state index contributed by atoms with van der Waals surface area (Å²) in [5, 5.41) is 3.40. The third-order valence-electron chi connectivity index (χ3n) is 4.22. The third-order valence-corrected chi connectivity index (χ3v) is 4.22. The van der Waals surface area contributed by atoms with Gasteiger partial charge in [-0.05, 0) is 30.9 Å². The fourth-order valence-corrected chi connectivity index (χ4v) is 2.89. The van der Waals surface area contributed by atoms with Crippen LogP contribution in [-0.2, 0) is 16.0 Å². The highest BCUT2D eigenvalue weighted by Crippen LogP contribution is 2.23. The van der Waals surface area contributed by atoms with Gasteiger partial charge in [-0.2, -0.15) is 0 Å². The summed E-state index contributed by atoms with van der Waals surface area (Å²) < 4.78 is 5.33. The second-order valence-corrected chi connectivity index (χ2v) is 5.70. The van der Waals surface area contributed by atoms with E-state index >= 15 is 0 Å². The molecule has 1 aliphatic heterocycles. The Kier molecular flexibility index (Phi) is 9.22. The van der Waals surface area contributed by atoms with Crippen molar-refractivity contribution in [3.63, 3.8) is 0 Å². The fourth-order valence-electron chi connectivity index (χ4n) is 2.89. The highest BCUT2D eigenvalue weighted by molar-refractivity contribution is 5.85. The number of nitrogens with one attached hydrogen (secondary N) is 1. The number of benzene rings is 1. The summed E-state index contributed by atoms with van der Waals surface area (Å²) in [6.07, 6.45) is 2.42. The van der Waals surface area contributed by atoms with E-state index in [4.69, 9.17) is 4.74 Å². The molecule has 1 saturated heterocycles. The van der Waals surface area contributed by atoms with Crippen LogP contribution in [0.25, 0.3) is 0 Å². The number of rotatable bonds is 7. The average Bonchev–Trinajstić information content (AvgIpc) is 2.58. The molecule has 1 aromatic carbocycles. The summed E-state index contributed by atoms with van der Waals surface area (Å²) in [6, 6.07) is 8.82. The maximum Gasteiger partial charge on any atom is 0.223 e. The number of nitrogens with zero attached hydrogens (tertiary/aromatic N) is 1. The van der Waals surface area contributed by atoms with E-state index in [-0.39, 0.29) is 24.4 Å². The van der Waals surface area contributed by atoms with Gasteiger partial charge in [-0.1, -0.05) is 31.2 Å². The Morgan fingerprint density at radius 3 is 2.70 bits per heavy atom. The highest BCUT2D eigenvalue weighted by atomic mass is 35.5. The largest absolute Gasteiger partial charge is 0.382 e. The number of ether oxygens (including phenoxy) is 1. The van der Waals surface area contributed by atoms with Crippen LogP contribution in [0, 0.1) is 0 Å². The number of amides is 1. The van der Waals surface area contributed by atoms with Gasteiger partial charge in [0.2, 0.25) is 5.91 Å². The van der Waals surface area contributed by atoms with Gasteiger partial charge in [0.05, 0.1) is 6.04 Å². The van der Waals surface area contributed by atoms with Crippen molar-refractivity contribution in [1.82, 2.24) is 10.2 Å². The van der Waals surface area contributed by atoms with E-state index in [1.165, 1.54) is 11.1 Å². The van der Waals surface area contributed by atoms with Crippen LogP contribution in [0.2, 0.25) is 0 Å². The van der Waals surface area contributed by atoms with Crippen molar-refractivity contribution in [3.05, 3.63) is 35.4 Å². The topological polar surface area (TPSA) is 41.6 Å². The van der Waals surface area contributed by atoms with E-state index in [0.29, 0.717) is 19.6 Å². The quantitative estimate of drug-likeness (QED) is 0.776. The number of hydrogen-bond acceptors (Lipinski definition) is 3. The molecule has 1 fully saturated rings. The SMILES string of the molecule is CCOCCCC(=O)N1CCNCC1c1ccc(CC)cc1.Cl. The van der Waals surface area contributed by atoms with Crippen molar-refractivity contribution < 1.29 is 9.53 Å². The lowest BCUT2D eigenvalue weighted by Crippen LogP contribution is -2.48. The van der Waals surface area contributed by atoms with E-state index in [9.17, 15) is 4.79 Å². The predicted octanol–water partition coefficient (Wildman–Crippen LogP) is 2.96. The number of piperazine rings is 1. The number of carbonyl (C=O) groups is 1. The summed E-state index contributed by atoms with van der Waals surface area (Å²) >= 11 is 0. The van der Waals surface area contributed by atoms with Crippen LogP contribution < -0.4 is 5.32 Å². The Hall–Kier alpha value is -1.10. The van der Waals surface area contributed by atoms with Gasteiger partial charge in [0.1, 0.15) is 0 Å². The first-order valence-electron chi connectivity index (χ1n) is 8.43. The maximum atomic E-state index is 12.5. The number of halogens is 1. The van der Waals surface area contributed by atoms with Crippen LogP contribution in [0.5, 0.6) is 0 Å². The van der Waals surface area contributed by atoms with Crippen molar-refractivity contribution in [2.45, 2.75) is 39.2 Å². The van der Waals surface area contributed by atoms with Crippen LogP contribution in [0.1, 0.15) is 43.9 Å². The number of aryl methyl sites for hydroxylation is 1. The second kappa shape index (κ2) is 10.6. The van der Waals surface area contributed by atoms with Gasteiger partial charge in [-0.3, -0.25) is 4.79 Å². The van der Waals surface area contributed by atoms with E-state index in [0.717, 1.165) is 32.5 Å². The minimum atomic E-state index is 0. The predicted molar refractivity (Wildman–Crippen MR) is 96.1 cm³/mol. The van der Waals surface area contributed by atoms with Gasteiger partial charge in [-0.15, -0.1) is 12.4 Å². The van der Waals surface area contributed by atoms with Crippen molar-refractivity contribution in [1.29, 1.82) is 0 Å². The lowest BCUT2D eigenvalue weighted by molar-refractivity contribution is -0.134. The lowest BCUT2D eigenvalue weighted by Gasteiger charge is -2.36. The van der Waals surface area contributed by atoms with Crippen LogP contribution in [0.4, 0.5) is 0 Å². The van der Waals surface area contributed by atoms with E-state index in [1.807, 2.05) is 11.8 Å². The van der Waals surface area contributed by atoms with Crippen LogP contribution in [0.3, 0.4) is 0 Å². The van der Waals surface area contributed by atoms with Gasteiger partial charge >= 0.3 is 0 Å². The molecule has 2 rings (SSSR count). The molecule has 5 heteroatoms. The summed E-state index contributed by atoms with van der Waals surface area (Å²) in [4.78, 5) is 14.5. The molecule has 0 radical (unpaired) electrons. The zero-order valence-electron chi connectivity index (χ0n) is 14.2.